The lowest BCUT2D eigenvalue weighted by Crippen LogP contribution is -2.49. The molecular weight excluding hydrogens is 182 g/mol. The van der Waals surface area contributed by atoms with Gasteiger partial charge in [0.1, 0.15) is 5.54 Å². The van der Waals surface area contributed by atoms with Crippen molar-refractivity contribution in [1.29, 1.82) is 0 Å². The summed E-state index contributed by atoms with van der Waals surface area (Å²) in [6.45, 7) is 1.34. The largest absolute Gasteiger partial charge is 0.480 e. The summed E-state index contributed by atoms with van der Waals surface area (Å²) in [6, 6.07) is 0. The third kappa shape index (κ3) is 1.70. The van der Waals surface area contributed by atoms with Crippen LogP contribution < -0.4 is 5.09 Å². The van der Waals surface area contributed by atoms with Gasteiger partial charge in [0.15, 0.2) is 0 Å². The molecule has 1 fully saturated rings. The van der Waals surface area contributed by atoms with Gasteiger partial charge in [0, 0.05) is 13.1 Å². The Bertz CT molecular complexity index is 178. The number of aliphatic carboxylic acids is 1. The molecule has 0 aromatic heterocycles. The molecule has 4 nitrogen and oxygen atoms in total. The highest BCUT2D eigenvalue weighted by Gasteiger charge is 2.42. The normalized spacial score (nSPS) is 32.5. The van der Waals surface area contributed by atoms with E-state index in [4.69, 9.17) is 5.11 Å². The van der Waals surface area contributed by atoms with Gasteiger partial charge in [-0.25, -0.2) is 0 Å². The van der Waals surface area contributed by atoms with Crippen molar-refractivity contribution in [2.75, 3.05) is 13.1 Å². The summed E-state index contributed by atoms with van der Waals surface area (Å²) in [5, 5.41) is 11.6. The van der Waals surface area contributed by atoms with Gasteiger partial charge in [0.05, 0.1) is 0 Å². The maximum atomic E-state index is 10.8. The lowest BCUT2D eigenvalue weighted by molar-refractivity contribution is -0.143. The van der Waals surface area contributed by atoms with Crippen LogP contribution in [0.25, 0.3) is 0 Å². The fraction of sp³-hybridized carbons (Fsp3) is 0.800. The van der Waals surface area contributed by atoms with E-state index in [1.54, 1.807) is 0 Å². The van der Waals surface area contributed by atoms with Crippen LogP contribution in [-0.4, -0.2) is 34.4 Å². The molecule has 11 heavy (non-hydrogen) atoms. The van der Waals surface area contributed by atoms with Crippen LogP contribution in [0.5, 0.6) is 0 Å². The number of carbonyl (C=O) groups is 1. The molecule has 1 heterocycles. The minimum absolute atomic E-state index is 0.538. The lowest BCUT2D eigenvalue weighted by atomic mass is 10.0. The van der Waals surface area contributed by atoms with E-state index in [1.807, 2.05) is 4.67 Å². The molecule has 0 saturated carbocycles. The first kappa shape index (κ1) is 9.34. The molecular formula is C5H12N2O2P2. The summed E-state index contributed by atoms with van der Waals surface area (Å²) in [7, 11) is 4.78. The molecule has 6 heteroatoms. The van der Waals surface area contributed by atoms with Crippen molar-refractivity contribution in [2.45, 2.75) is 12.0 Å². The van der Waals surface area contributed by atoms with E-state index in [9.17, 15) is 4.79 Å². The second kappa shape index (κ2) is 3.32. The highest BCUT2D eigenvalue weighted by atomic mass is 31.0. The molecule has 0 aromatic rings. The average Bonchev–Trinajstić information content (AvgIpc) is 2.33. The fourth-order valence-corrected chi connectivity index (χ4v) is 1.99. The maximum absolute atomic E-state index is 10.8. The minimum atomic E-state index is -0.780. The van der Waals surface area contributed by atoms with E-state index >= 15 is 0 Å². The summed E-state index contributed by atoms with van der Waals surface area (Å²) in [6.07, 6.45) is 0.648. The zero-order valence-corrected chi connectivity index (χ0v) is 8.39. The number of carboxylic acid groups (broad SMARTS) is 1. The van der Waals surface area contributed by atoms with Crippen LogP contribution in [0.15, 0.2) is 0 Å². The highest BCUT2D eigenvalue weighted by Crippen LogP contribution is 2.24. The minimum Gasteiger partial charge on any atom is -0.480 e. The summed E-state index contributed by atoms with van der Waals surface area (Å²) < 4.78 is 1.92. The van der Waals surface area contributed by atoms with Crippen molar-refractivity contribution in [3.63, 3.8) is 0 Å². The molecule has 0 aromatic carbocycles. The van der Waals surface area contributed by atoms with Crippen molar-refractivity contribution in [2.24, 2.45) is 0 Å². The third-order valence-corrected chi connectivity index (χ3v) is 2.98. The van der Waals surface area contributed by atoms with E-state index < -0.39 is 11.5 Å². The van der Waals surface area contributed by atoms with Gasteiger partial charge in [-0.15, -0.1) is 0 Å². The number of hydrogen-bond acceptors (Lipinski definition) is 3. The Labute approximate surface area is 70.2 Å². The van der Waals surface area contributed by atoms with Crippen molar-refractivity contribution in [3.05, 3.63) is 0 Å². The molecule has 1 saturated heterocycles. The first-order valence-electron chi connectivity index (χ1n) is 3.31. The predicted octanol–water partition coefficient (Wildman–Crippen LogP) is -0.315. The van der Waals surface area contributed by atoms with Crippen molar-refractivity contribution < 1.29 is 9.90 Å². The van der Waals surface area contributed by atoms with Gasteiger partial charge in [0.25, 0.3) is 0 Å². The second-order valence-corrected chi connectivity index (χ2v) is 3.77. The molecule has 2 N–H and O–H groups in total. The number of rotatable bonds is 2. The fourth-order valence-electron chi connectivity index (χ4n) is 1.19. The zero-order valence-electron chi connectivity index (χ0n) is 6.08. The van der Waals surface area contributed by atoms with Crippen LogP contribution in [0, 0.1) is 0 Å². The Hall–Kier alpha value is 0.250. The van der Waals surface area contributed by atoms with Crippen LogP contribution in [0.1, 0.15) is 6.42 Å². The Morgan fingerprint density at radius 2 is 2.36 bits per heavy atom. The second-order valence-electron chi connectivity index (χ2n) is 2.75. The molecule has 0 aliphatic carbocycles. The van der Waals surface area contributed by atoms with Crippen molar-refractivity contribution in [3.8, 4) is 0 Å². The predicted molar refractivity (Wildman–Crippen MR) is 49.1 cm³/mol. The molecule has 0 radical (unpaired) electrons. The Morgan fingerprint density at radius 3 is 2.55 bits per heavy atom. The van der Waals surface area contributed by atoms with E-state index in [2.05, 4.69) is 23.9 Å². The smallest absolute Gasteiger partial charge is 0.325 e. The number of nitrogens with zero attached hydrogens (tertiary/aromatic N) is 1. The molecule has 1 aliphatic heterocycles. The van der Waals surface area contributed by atoms with E-state index in [0.29, 0.717) is 13.0 Å². The van der Waals surface area contributed by atoms with Crippen molar-refractivity contribution in [1.82, 2.24) is 9.76 Å². The molecule has 0 spiro atoms. The molecule has 3 atom stereocenters. The maximum Gasteiger partial charge on any atom is 0.325 e. The zero-order chi connectivity index (χ0) is 8.48. The standard InChI is InChI=1S/C5H12N2O2P2/c8-4(9)5(6-10)1-2-7(11)3-5/h6H,1-3,10-11H2,(H,8,9). The van der Waals surface area contributed by atoms with Crippen LogP contribution in [-0.2, 0) is 4.79 Å². The topological polar surface area (TPSA) is 52.6 Å². The monoisotopic (exact) mass is 194 g/mol. The van der Waals surface area contributed by atoms with Crippen molar-refractivity contribution >= 4 is 24.8 Å². The van der Waals surface area contributed by atoms with Gasteiger partial charge >= 0.3 is 5.97 Å². The van der Waals surface area contributed by atoms with E-state index in [1.165, 1.54) is 0 Å². The van der Waals surface area contributed by atoms with E-state index in [-0.39, 0.29) is 0 Å². The van der Waals surface area contributed by atoms with Crippen LogP contribution >= 0.6 is 18.8 Å². The van der Waals surface area contributed by atoms with Gasteiger partial charge in [0.2, 0.25) is 0 Å². The number of hydrogen-bond donors (Lipinski definition) is 2. The summed E-state index contributed by atoms with van der Waals surface area (Å²) >= 11 is 0. The Kier molecular flexibility index (Phi) is 2.82. The SMILES string of the molecule is O=C(O)C1(NP)CCN(P)C1. The highest BCUT2D eigenvalue weighted by molar-refractivity contribution is 7.14. The van der Waals surface area contributed by atoms with Gasteiger partial charge in [-0.05, 0) is 6.42 Å². The average molecular weight is 194 g/mol. The van der Waals surface area contributed by atoms with Crippen LogP contribution in [0.2, 0.25) is 0 Å². The molecule has 1 aliphatic rings. The van der Waals surface area contributed by atoms with Gasteiger partial charge in [-0.3, -0.25) is 14.6 Å². The molecule has 1 rings (SSSR count). The molecule has 3 unspecified atom stereocenters. The summed E-state index contributed by atoms with van der Waals surface area (Å²) in [5.41, 5.74) is -0.758. The van der Waals surface area contributed by atoms with Gasteiger partial charge in [-0.1, -0.05) is 18.8 Å². The molecule has 64 valence electrons. The first-order chi connectivity index (χ1) is 5.10. The van der Waals surface area contributed by atoms with Gasteiger partial charge < -0.3 is 5.11 Å². The summed E-state index contributed by atoms with van der Waals surface area (Å²) in [5.74, 6) is -0.780. The number of carboxylic acids is 1. The lowest BCUT2D eigenvalue weighted by Gasteiger charge is -2.22. The van der Waals surface area contributed by atoms with Crippen LogP contribution in [0.3, 0.4) is 0 Å². The van der Waals surface area contributed by atoms with E-state index in [0.717, 1.165) is 6.54 Å². The number of nitrogens with one attached hydrogen (secondary N) is 1. The Morgan fingerprint density at radius 1 is 1.73 bits per heavy atom. The third-order valence-electron chi connectivity index (χ3n) is 1.98. The quantitative estimate of drug-likeness (QED) is 0.592. The van der Waals surface area contributed by atoms with Crippen LogP contribution in [0.4, 0.5) is 0 Å². The Balaban J connectivity index is 2.70. The molecule has 0 bridgehead atoms. The van der Waals surface area contributed by atoms with Gasteiger partial charge in [-0.2, -0.15) is 0 Å². The molecule has 0 amide bonds. The first-order valence-corrected chi connectivity index (χ1v) is 4.41. The summed E-state index contributed by atoms with van der Waals surface area (Å²) in [4.78, 5) is 10.8.